The number of piperidine rings is 1. The summed E-state index contributed by atoms with van der Waals surface area (Å²) in [5.74, 6) is -4.05. The molecule has 0 unspecified atom stereocenters. The molecule has 7 heteroatoms. The van der Waals surface area contributed by atoms with Crippen molar-refractivity contribution in [1.29, 1.82) is 0 Å². The molecule has 0 spiro atoms. The molecule has 0 radical (unpaired) electrons. The molecular weight excluding hydrogens is 274 g/mol. The number of nitrogens with two attached hydrogens (primary N) is 1. The van der Waals surface area contributed by atoms with Crippen LogP contribution in [0, 0.1) is 5.92 Å². The number of sulfonamides is 1. The summed E-state index contributed by atoms with van der Waals surface area (Å²) in [6.45, 7) is 1.02. The lowest BCUT2D eigenvalue weighted by molar-refractivity contribution is -0.0777. The van der Waals surface area contributed by atoms with E-state index >= 15 is 0 Å². The Morgan fingerprint density at radius 1 is 1.21 bits per heavy atom. The van der Waals surface area contributed by atoms with Crippen molar-refractivity contribution in [3.8, 4) is 0 Å². The molecule has 0 aromatic heterocycles. The van der Waals surface area contributed by atoms with Gasteiger partial charge in [0.2, 0.25) is 10.0 Å². The van der Waals surface area contributed by atoms with Crippen molar-refractivity contribution in [2.24, 2.45) is 11.1 Å². The van der Waals surface area contributed by atoms with Crippen molar-refractivity contribution in [3.05, 3.63) is 29.8 Å². The zero-order valence-electron chi connectivity index (χ0n) is 10.3. The van der Waals surface area contributed by atoms with Crippen LogP contribution in [0.1, 0.15) is 18.4 Å². The SMILES string of the molecule is NS(=O)(=O)c1ccccc1C(F)(F)C1CCNCC1. The van der Waals surface area contributed by atoms with Crippen LogP contribution in [0.4, 0.5) is 8.78 Å². The predicted octanol–water partition coefficient (Wildman–Crippen LogP) is 1.43. The van der Waals surface area contributed by atoms with Crippen LogP contribution >= 0.6 is 0 Å². The maximum atomic E-state index is 14.5. The summed E-state index contributed by atoms with van der Waals surface area (Å²) >= 11 is 0. The fourth-order valence-corrected chi connectivity index (χ4v) is 3.17. The number of halogens is 2. The van der Waals surface area contributed by atoms with Gasteiger partial charge in [0.1, 0.15) is 0 Å². The maximum Gasteiger partial charge on any atom is 0.277 e. The number of rotatable bonds is 3. The molecule has 106 valence electrons. The van der Waals surface area contributed by atoms with Gasteiger partial charge in [0.05, 0.1) is 4.90 Å². The molecule has 1 aromatic carbocycles. The van der Waals surface area contributed by atoms with Gasteiger partial charge in [-0.2, -0.15) is 0 Å². The standard InChI is InChI=1S/C12H16F2N2O2S/c13-12(14,9-5-7-16-8-6-9)10-3-1-2-4-11(10)19(15,17)18/h1-4,9,16H,5-8H2,(H2,15,17,18). The number of hydrogen-bond donors (Lipinski definition) is 2. The molecule has 3 N–H and O–H groups in total. The molecule has 2 rings (SSSR count). The van der Waals surface area contributed by atoms with Crippen molar-refractivity contribution in [3.63, 3.8) is 0 Å². The van der Waals surface area contributed by atoms with Crippen LogP contribution in [0.15, 0.2) is 29.2 Å². The van der Waals surface area contributed by atoms with E-state index in [1.54, 1.807) is 0 Å². The van der Waals surface area contributed by atoms with E-state index in [-0.39, 0.29) is 0 Å². The summed E-state index contributed by atoms with van der Waals surface area (Å²) < 4.78 is 51.8. The van der Waals surface area contributed by atoms with Crippen molar-refractivity contribution in [2.45, 2.75) is 23.7 Å². The Balaban J connectivity index is 2.45. The Morgan fingerprint density at radius 3 is 2.37 bits per heavy atom. The number of benzene rings is 1. The first kappa shape index (κ1) is 14.4. The minimum atomic E-state index is -4.15. The van der Waals surface area contributed by atoms with Gasteiger partial charge in [-0.1, -0.05) is 18.2 Å². The van der Waals surface area contributed by atoms with E-state index in [2.05, 4.69) is 5.32 Å². The quantitative estimate of drug-likeness (QED) is 0.884. The second kappa shape index (κ2) is 5.15. The Kier molecular flexibility index (Phi) is 3.89. The van der Waals surface area contributed by atoms with Crippen molar-refractivity contribution < 1.29 is 17.2 Å². The lowest BCUT2D eigenvalue weighted by atomic mass is 9.87. The zero-order chi connectivity index (χ0) is 14.1. The lowest BCUT2D eigenvalue weighted by Gasteiger charge is -2.31. The highest BCUT2D eigenvalue weighted by molar-refractivity contribution is 7.89. The highest BCUT2D eigenvalue weighted by atomic mass is 32.2. The van der Waals surface area contributed by atoms with Gasteiger partial charge in [-0.05, 0) is 32.0 Å². The van der Waals surface area contributed by atoms with E-state index in [0.717, 1.165) is 12.1 Å². The van der Waals surface area contributed by atoms with E-state index in [9.17, 15) is 17.2 Å². The highest BCUT2D eigenvalue weighted by Crippen LogP contribution is 2.42. The molecule has 0 bridgehead atoms. The molecule has 0 aliphatic carbocycles. The zero-order valence-corrected chi connectivity index (χ0v) is 11.1. The van der Waals surface area contributed by atoms with E-state index in [0.29, 0.717) is 25.9 Å². The minimum absolute atomic E-state index is 0.311. The van der Waals surface area contributed by atoms with Crippen LogP contribution in [0.3, 0.4) is 0 Å². The van der Waals surface area contributed by atoms with Gasteiger partial charge >= 0.3 is 0 Å². The van der Waals surface area contributed by atoms with Crippen LogP contribution in [0.25, 0.3) is 0 Å². The molecule has 1 aromatic rings. The van der Waals surface area contributed by atoms with Crippen LogP contribution in [-0.4, -0.2) is 21.5 Å². The van der Waals surface area contributed by atoms with Gasteiger partial charge in [0.25, 0.3) is 5.92 Å². The fourth-order valence-electron chi connectivity index (χ4n) is 2.39. The van der Waals surface area contributed by atoms with Crippen LogP contribution in [-0.2, 0) is 15.9 Å². The van der Waals surface area contributed by atoms with Gasteiger partial charge in [-0.25, -0.2) is 22.3 Å². The minimum Gasteiger partial charge on any atom is -0.317 e. The third kappa shape index (κ3) is 2.93. The van der Waals surface area contributed by atoms with Crippen LogP contribution in [0.2, 0.25) is 0 Å². The first-order valence-electron chi connectivity index (χ1n) is 6.04. The molecule has 0 amide bonds. The molecule has 1 fully saturated rings. The summed E-state index contributed by atoms with van der Waals surface area (Å²) in [5.41, 5.74) is -0.496. The smallest absolute Gasteiger partial charge is 0.277 e. The molecule has 1 aliphatic rings. The van der Waals surface area contributed by atoms with Gasteiger partial charge in [0.15, 0.2) is 0 Å². The molecule has 1 aliphatic heterocycles. The second-order valence-electron chi connectivity index (χ2n) is 4.69. The van der Waals surface area contributed by atoms with E-state index in [1.165, 1.54) is 12.1 Å². The largest absolute Gasteiger partial charge is 0.317 e. The molecule has 0 saturated carbocycles. The average molecular weight is 290 g/mol. The third-order valence-corrected chi connectivity index (χ3v) is 4.37. The second-order valence-corrected chi connectivity index (χ2v) is 6.22. The van der Waals surface area contributed by atoms with Crippen molar-refractivity contribution in [1.82, 2.24) is 5.32 Å². The predicted molar refractivity (Wildman–Crippen MR) is 67.3 cm³/mol. The molecule has 1 heterocycles. The van der Waals surface area contributed by atoms with E-state index < -0.39 is 32.3 Å². The van der Waals surface area contributed by atoms with E-state index in [1.807, 2.05) is 0 Å². The van der Waals surface area contributed by atoms with Crippen molar-refractivity contribution >= 4 is 10.0 Å². The van der Waals surface area contributed by atoms with Gasteiger partial charge < -0.3 is 5.32 Å². The Morgan fingerprint density at radius 2 is 1.79 bits per heavy atom. The van der Waals surface area contributed by atoms with Crippen LogP contribution in [0.5, 0.6) is 0 Å². The summed E-state index contributed by atoms with van der Waals surface area (Å²) in [6.07, 6.45) is 0.623. The first-order valence-corrected chi connectivity index (χ1v) is 7.59. The third-order valence-electron chi connectivity index (χ3n) is 3.40. The van der Waals surface area contributed by atoms with Crippen LogP contribution < -0.4 is 10.5 Å². The Labute approximate surface area is 111 Å². The molecule has 1 saturated heterocycles. The molecule has 4 nitrogen and oxygen atoms in total. The van der Waals surface area contributed by atoms with E-state index in [4.69, 9.17) is 5.14 Å². The number of primary sulfonamides is 1. The maximum absolute atomic E-state index is 14.5. The number of alkyl halides is 2. The summed E-state index contributed by atoms with van der Waals surface area (Å²) in [4.78, 5) is -0.487. The summed E-state index contributed by atoms with van der Waals surface area (Å²) in [6, 6.07) is 5.06. The number of hydrogen-bond acceptors (Lipinski definition) is 3. The Hall–Kier alpha value is -1.05. The average Bonchev–Trinajstić information content (AvgIpc) is 2.39. The fraction of sp³-hybridized carbons (Fsp3) is 0.500. The molecular formula is C12H16F2N2O2S. The summed E-state index contributed by atoms with van der Waals surface area (Å²) in [7, 11) is -4.15. The summed E-state index contributed by atoms with van der Waals surface area (Å²) in [5, 5.41) is 8.02. The van der Waals surface area contributed by atoms with Gasteiger partial charge in [-0.3, -0.25) is 0 Å². The molecule has 0 atom stereocenters. The van der Waals surface area contributed by atoms with Gasteiger partial charge in [0, 0.05) is 11.5 Å². The lowest BCUT2D eigenvalue weighted by Crippen LogP contribution is -2.37. The topological polar surface area (TPSA) is 72.2 Å². The number of nitrogens with one attached hydrogen (secondary N) is 1. The molecule has 19 heavy (non-hydrogen) atoms. The highest BCUT2D eigenvalue weighted by Gasteiger charge is 2.44. The van der Waals surface area contributed by atoms with Gasteiger partial charge in [-0.15, -0.1) is 0 Å². The monoisotopic (exact) mass is 290 g/mol. The van der Waals surface area contributed by atoms with Crippen molar-refractivity contribution in [2.75, 3.05) is 13.1 Å². The normalized spacial score (nSPS) is 18.5. The first-order chi connectivity index (χ1) is 8.83. The Bertz CT molecular complexity index is 555.